The fraction of sp³-hybridized carbons (Fsp3) is 0.600. The molecule has 0 spiro atoms. The molecule has 0 fully saturated rings. The molecule has 0 atom stereocenters. The minimum Gasteiger partial charge on any atom is -0.477 e. The van der Waals surface area contributed by atoms with E-state index < -0.39 is 0 Å². The van der Waals surface area contributed by atoms with Gasteiger partial charge in [0.1, 0.15) is 11.6 Å². The molecule has 4 heteroatoms. The molecule has 0 saturated heterocycles. The molecule has 0 amide bonds. The van der Waals surface area contributed by atoms with Crippen molar-refractivity contribution >= 4 is 5.82 Å². The van der Waals surface area contributed by atoms with E-state index >= 15 is 0 Å². The Morgan fingerprint density at radius 2 is 2.05 bits per heavy atom. The van der Waals surface area contributed by atoms with Crippen molar-refractivity contribution in [2.45, 2.75) is 47.0 Å². The van der Waals surface area contributed by atoms with Crippen LogP contribution in [0.5, 0.6) is 5.88 Å². The van der Waals surface area contributed by atoms with Gasteiger partial charge in [0.2, 0.25) is 5.88 Å². The first-order valence-corrected chi connectivity index (χ1v) is 6.97. The van der Waals surface area contributed by atoms with Crippen LogP contribution in [-0.4, -0.2) is 23.1 Å². The molecule has 19 heavy (non-hydrogen) atoms. The van der Waals surface area contributed by atoms with Crippen molar-refractivity contribution in [2.75, 3.05) is 18.5 Å². The van der Waals surface area contributed by atoms with E-state index in [0.29, 0.717) is 12.5 Å². The third-order valence-electron chi connectivity index (χ3n) is 2.77. The zero-order valence-electron chi connectivity index (χ0n) is 12.5. The number of hydrogen-bond acceptors (Lipinski definition) is 4. The molecule has 4 nitrogen and oxygen atoms in total. The highest BCUT2D eigenvalue weighted by Crippen LogP contribution is 2.22. The molecule has 1 N–H and O–H groups in total. The van der Waals surface area contributed by atoms with Crippen molar-refractivity contribution in [3.8, 4) is 5.88 Å². The first kappa shape index (κ1) is 15.5. The zero-order chi connectivity index (χ0) is 14.3. The summed E-state index contributed by atoms with van der Waals surface area (Å²) in [4.78, 5) is 8.97. The maximum Gasteiger partial charge on any atom is 0.221 e. The number of rotatable bonds is 8. The van der Waals surface area contributed by atoms with E-state index in [0.717, 1.165) is 48.6 Å². The monoisotopic (exact) mass is 263 g/mol. The lowest BCUT2D eigenvalue weighted by Gasteiger charge is -2.14. The molecule has 0 saturated carbocycles. The highest BCUT2D eigenvalue weighted by molar-refractivity contribution is 5.48. The Hall–Kier alpha value is -1.58. The second kappa shape index (κ2) is 7.77. The smallest absolute Gasteiger partial charge is 0.221 e. The van der Waals surface area contributed by atoms with Gasteiger partial charge in [-0.2, -0.15) is 4.98 Å². The molecule has 0 bridgehead atoms. The van der Waals surface area contributed by atoms with Gasteiger partial charge in [0.15, 0.2) is 0 Å². The first-order chi connectivity index (χ1) is 9.08. The molecular formula is C15H25N3O. The van der Waals surface area contributed by atoms with E-state index in [1.54, 1.807) is 0 Å². The van der Waals surface area contributed by atoms with Crippen LogP contribution in [0.4, 0.5) is 5.82 Å². The maximum absolute atomic E-state index is 5.76. The average Bonchev–Trinajstić information content (AvgIpc) is 2.38. The summed E-state index contributed by atoms with van der Waals surface area (Å²) in [5, 5.41) is 3.33. The number of ether oxygens (including phenoxy) is 1. The summed E-state index contributed by atoms with van der Waals surface area (Å²) in [7, 11) is 0. The van der Waals surface area contributed by atoms with E-state index in [-0.39, 0.29) is 0 Å². The Labute approximate surface area is 116 Å². The van der Waals surface area contributed by atoms with Crippen molar-refractivity contribution in [3.63, 3.8) is 0 Å². The zero-order valence-corrected chi connectivity index (χ0v) is 12.5. The molecule has 1 rings (SSSR count). The van der Waals surface area contributed by atoms with Crippen molar-refractivity contribution < 1.29 is 4.74 Å². The van der Waals surface area contributed by atoms with Crippen LogP contribution in [0.1, 0.15) is 45.0 Å². The largest absolute Gasteiger partial charge is 0.477 e. The molecule has 0 aromatic carbocycles. The predicted octanol–water partition coefficient (Wildman–Crippen LogP) is 3.51. The summed E-state index contributed by atoms with van der Waals surface area (Å²) in [5.41, 5.74) is 2.10. The van der Waals surface area contributed by atoms with Crippen LogP contribution in [0.25, 0.3) is 0 Å². The molecule has 0 aliphatic heterocycles. The third-order valence-corrected chi connectivity index (χ3v) is 2.77. The Morgan fingerprint density at radius 1 is 1.32 bits per heavy atom. The molecule has 1 aromatic heterocycles. The molecule has 0 radical (unpaired) electrons. The summed E-state index contributed by atoms with van der Waals surface area (Å²) in [5.74, 6) is 2.39. The van der Waals surface area contributed by atoms with Crippen molar-refractivity contribution in [2.24, 2.45) is 0 Å². The van der Waals surface area contributed by atoms with Crippen LogP contribution in [0.2, 0.25) is 0 Å². The molecule has 1 heterocycles. The van der Waals surface area contributed by atoms with Gasteiger partial charge in [0, 0.05) is 19.4 Å². The van der Waals surface area contributed by atoms with Gasteiger partial charge in [-0.05, 0) is 20.3 Å². The summed E-state index contributed by atoms with van der Waals surface area (Å²) in [6.45, 7) is 13.6. The lowest BCUT2D eigenvalue weighted by atomic mass is 10.2. The fourth-order valence-electron chi connectivity index (χ4n) is 1.58. The summed E-state index contributed by atoms with van der Waals surface area (Å²) < 4.78 is 5.76. The van der Waals surface area contributed by atoms with Gasteiger partial charge in [-0.25, -0.2) is 4.98 Å². The fourth-order valence-corrected chi connectivity index (χ4v) is 1.58. The van der Waals surface area contributed by atoms with E-state index in [4.69, 9.17) is 4.74 Å². The standard InChI is InChI=1S/C15H25N3O/c1-6-9-16-14-12(5)15(18-13(7-2)17-14)19-10-8-11(3)4/h3,6-10H2,1-2,4-5H3,(H,16,17,18). The molecule has 1 aromatic rings. The highest BCUT2D eigenvalue weighted by Gasteiger charge is 2.11. The SMILES string of the molecule is C=C(C)CCOc1nc(CC)nc(NCCC)c1C. The van der Waals surface area contributed by atoms with Crippen molar-refractivity contribution in [1.82, 2.24) is 9.97 Å². The molecular weight excluding hydrogens is 238 g/mol. The quantitative estimate of drug-likeness (QED) is 0.729. The maximum atomic E-state index is 5.76. The van der Waals surface area contributed by atoms with Gasteiger partial charge < -0.3 is 10.1 Å². The molecule has 0 aliphatic carbocycles. The lowest BCUT2D eigenvalue weighted by Crippen LogP contribution is -2.10. The van der Waals surface area contributed by atoms with Gasteiger partial charge in [-0.15, -0.1) is 6.58 Å². The Morgan fingerprint density at radius 3 is 2.63 bits per heavy atom. The number of nitrogens with zero attached hydrogens (tertiary/aromatic N) is 2. The van der Waals surface area contributed by atoms with Gasteiger partial charge in [-0.3, -0.25) is 0 Å². The van der Waals surface area contributed by atoms with E-state index in [2.05, 4.69) is 28.8 Å². The van der Waals surface area contributed by atoms with E-state index in [1.807, 2.05) is 20.8 Å². The predicted molar refractivity (Wildman–Crippen MR) is 79.9 cm³/mol. The van der Waals surface area contributed by atoms with E-state index in [1.165, 1.54) is 0 Å². The minimum atomic E-state index is 0.615. The van der Waals surface area contributed by atoms with Gasteiger partial charge in [-0.1, -0.05) is 19.4 Å². The normalized spacial score (nSPS) is 10.3. The van der Waals surface area contributed by atoms with Gasteiger partial charge >= 0.3 is 0 Å². The van der Waals surface area contributed by atoms with E-state index in [9.17, 15) is 0 Å². The Balaban J connectivity index is 2.85. The number of aryl methyl sites for hydroxylation is 1. The van der Waals surface area contributed by atoms with Gasteiger partial charge in [0.05, 0.1) is 12.2 Å². The van der Waals surface area contributed by atoms with Crippen LogP contribution in [-0.2, 0) is 6.42 Å². The van der Waals surface area contributed by atoms with Crippen molar-refractivity contribution in [1.29, 1.82) is 0 Å². The third kappa shape index (κ3) is 4.89. The topological polar surface area (TPSA) is 47.0 Å². The summed E-state index contributed by atoms with van der Waals surface area (Å²) in [6.07, 6.45) is 2.72. The molecule has 106 valence electrons. The van der Waals surface area contributed by atoms with Crippen LogP contribution in [0.3, 0.4) is 0 Å². The van der Waals surface area contributed by atoms with Crippen LogP contribution < -0.4 is 10.1 Å². The van der Waals surface area contributed by atoms with Crippen molar-refractivity contribution in [3.05, 3.63) is 23.5 Å². The Kier molecular flexibility index (Phi) is 6.33. The number of hydrogen-bond donors (Lipinski definition) is 1. The number of nitrogens with one attached hydrogen (secondary N) is 1. The second-order valence-electron chi connectivity index (χ2n) is 4.75. The number of anilines is 1. The first-order valence-electron chi connectivity index (χ1n) is 6.97. The summed E-state index contributed by atoms with van der Waals surface area (Å²) >= 11 is 0. The number of aromatic nitrogens is 2. The highest BCUT2D eigenvalue weighted by atomic mass is 16.5. The second-order valence-corrected chi connectivity index (χ2v) is 4.75. The van der Waals surface area contributed by atoms with Crippen LogP contribution in [0.15, 0.2) is 12.2 Å². The average molecular weight is 263 g/mol. The van der Waals surface area contributed by atoms with Crippen LogP contribution in [0, 0.1) is 6.92 Å². The van der Waals surface area contributed by atoms with Gasteiger partial charge in [0.25, 0.3) is 0 Å². The molecule has 0 unspecified atom stereocenters. The molecule has 0 aliphatic rings. The minimum absolute atomic E-state index is 0.615. The summed E-state index contributed by atoms with van der Waals surface area (Å²) in [6, 6.07) is 0. The lowest BCUT2D eigenvalue weighted by molar-refractivity contribution is 0.305. The van der Waals surface area contributed by atoms with Crippen LogP contribution >= 0.6 is 0 Å². The Bertz CT molecular complexity index is 430.